The molecule has 2 heteroatoms. The summed E-state index contributed by atoms with van der Waals surface area (Å²) < 4.78 is 5.38. The molecule has 1 aromatic rings. The summed E-state index contributed by atoms with van der Waals surface area (Å²) in [6.45, 7) is 6.83. The number of hydrogen-bond donors (Lipinski definition) is 0. The normalized spacial score (nSPS) is 17.9. The van der Waals surface area contributed by atoms with Crippen molar-refractivity contribution in [1.82, 2.24) is 4.90 Å². The first-order valence-corrected chi connectivity index (χ1v) is 5.59. The zero-order valence-corrected chi connectivity index (χ0v) is 9.73. The molecule has 82 valence electrons. The van der Waals surface area contributed by atoms with Crippen LogP contribution in [0.15, 0.2) is 24.3 Å². The number of rotatable bonds is 3. The van der Waals surface area contributed by atoms with Crippen molar-refractivity contribution in [3.05, 3.63) is 29.8 Å². The molecule has 0 atom stereocenters. The fourth-order valence-electron chi connectivity index (χ4n) is 2.13. The number of para-hydroxylation sites is 1. The zero-order valence-electron chi connectivity index (χ0n) is 9.73. The maximum Gasteiger partial charge on any atom is 0.122 e. The first-order chi connectivity index (χ1) is 7.22. The van der Waals surface area contributed by atoms with Crippen LogP contribution in [0, 0.1) is 0 Å². The van der Waals surface area contributed by atoms with E-state index in [1.165, 1.54) is 5.56 Å². The van der Waals surface area contributed by atoms with Crippen LogP contribution in [0.3, 0.4) is 0 Å². The highest BCUT2D eigenvalue weighted by atomic mass is 16.5. The molecule has 1 aromatic carbocycles. The minimum absolute atomic E-state index is 0.656. The molecule has 2 nitrogen and oxygen atoms in total. The lowest BCUT2D eigenvalue weighted by Gasteiger charge is -2.42. The van der Waals surface area contributed by atoms with Crippen LogP contribution in [0.1, 0.15) is 25.3 Å². The molecule has 2 rings (SSSR count). The van der Waals surface area contributed by atoms with Crippen LogP contribution in [-0.4, -0.2) is 31.1 Å². The fraction of sp³-hybridized carbons (Fsp3) is 0.538. The lowest BCUT2D eigenvalue weighted by Crippen LogP contribution is -2.48. The van der Waals surface area contributed by atoms with E-state index in [9.17, 15) is 0 Å². The second-order valence-electron chi connectivity index (χ2n) is 4.49. The molecular formula is C13H19NO. The quantitative estimate of drug-likeness (QED) is 0.751. The van der Waals surface area contributed by atoms with Gasteiger partial charge in [-0.2, -0.15) is 0 Å². The molecule has 1 aliphatic heterocycles. The average molecular weight is 205 g/mol. The van der Waals surface area contributed by atoms with Gasteiger partial charge in [0, 0.05) is 25.0 Å². The van der Waals surface area contributed by atoms with E-state index >= 15 is 0 Å². The molecular weight excluding hydrogens is 186 g/mol. The maximum atomic E-state index is 5.38. The molecule has 0 aromatic heterocycles. The van der Waals surface area contributed by atoms with Gasteiger partial charge in [0.2, 0.25) is 0 Å². The minimum Gasteiger partial charge on any atom is -0.496 e. The first-order valence-electron chi connectivity index (χ1n) is 5.59. The topological polar surface area (TPSA) is 12.5 Å². The summed E-state index contributed by atoms with van der Waals surface area (Å²) in [5.41, 5.74) is 1.36. The smallest absolute Gasteiger partial charge is 0.122 e. The summed E-state index contributed by atoms with van der Waals surface area (Å²) in [7, 11) is 1.75. The molecule has 0 unspecified atom stereocenters. The summed E-state index contributed by atoms with van der Waals surface area (Å²) in [6.07, 6.45) is 0. The Hall–Kier alpha value is -1.02. The van der Waals surface area contributed by atoms with Gasteiger partial charge in [0.1, 0.15) is 5.75 Å². The molecule has 1 heterocycles. The van der Waals surface area contributed by atoms with Crippen molar-refractivity contribution in [2.24, 2.45) is 0 Å². The third-order valence-corrected chi connectivity index (χ3v) is 3.22. The van der Waals surface area contributed by atoms with E-state index in [4.69, 9.17) is 4.74 Å². The van der Waals surface area contributed by atoms with Gasteiger partial charge in [-0.05, 0) is 25.5 Å². The SMILES string of the molecule is COc1ccccc1C1CN(C(C)C)C1. The van der Waals surface area contributed by atoms with Gasteiger partial charge in [-0.15, -0.1) is 0 Å². The Labute approximate surface area is 91.9 Å². The van der Waals surface area contributed by atoms with Crippen molar-refractivity contribution < 1.29 is 4.74 Å². The molecule has 1 fully saturated rings. The van der Waals surface area contributed by atoms with Gasteiger partial charge in [-0.25, -0.2) is 0 Å². The van der Waals surface area contributed by atoms with Crippen LogP contribution in [0.25, 0.3) is 0 Å². The summed E-state index contributed by atoms with van der Waals surface area (Å²) in [5, 5.41) is 0. The molecule has 0 amide bonds. The van der Waals surface area contributed by atoms with Gasteiger partial charge in [-0.3, -0.25) is 4.90 Å². The molecule has 0 bridgehead atoms. The van der Waals surface area contributed by atoms with Crippen LogP contribution >= 0.6 is 0 Å². The van der Waals surface area contributed by atoms with Crippen LogP contribution in [-0.2, 0) is 0 Å². The minimum atomic E-state index is 0.656. The molecule has 1 aliphatic rings. The number of methoxy groups -OCH3 is 1. The Morgan fingerprint density at radius 3 is 2.53 bits per heavy atom. The Morgan fingerprint density at radius 2 is 1.93 bits per heavy atom. The van der Waals surface area contributed by atoms with E-state index in [2.05, 4.69) is 30.9 Å². The molecule has 0 aliphatic carbocycles. The monoisotopic (exact) mass is 205 g/mol. The van der Waals surface area contributed by atoms with E-state index in [-0.39, 0.29) is 0 Å². The van der Waals surface area contributed by atoms with Gasteiger partial charge in [-0.1, -0.05) is 18.2 Å². The Morgan fingerprint density at radius 1 is 1.27 bits per heavy atom. The van der Waals surface area contributed by atoms with Crippen LogP contribution in [0.5, 0.6) is 5.75 Å². The zero-order chi connectivity index (χ0) is 10.8. The Kier molecular flexibility index (Phi) is 2.96. The van der Waals surface area contributed by atoms with Crippen molar-refractivity contribution in [1.29, 1.82) is 0 Å². The van der Waals surface area contributed by atoms with Crippen molar-refractivity contribution in [3.8, 4) is 5.75 Å². The highest BCUT2D eigenvalue weighted by Crippen LogP contribution is 2.33. The summed E-state index contributed by atoms with van der Waals surface area (Å²) in [5.74, 6) is 1.69. The Bertz CT molecular complexity index is 329. The van der Waals surface area contributed by atoms with Gasteiger partial charge >= 0.3 is 0 Å². The predicted octanol–water partition coefficient (Wildman–Crippen LogP) is 2.50. The van der Waals surface area contributed by atoms with Gasteiger partial charge < -0.3 is 4.74 Å². The molecule has 0 saturated carbocycles. The molecule has 0 radical (unpaired) electrons. The van der Waals surface area contributed by atoms with E-state index in [0.29, 0.717) is 12.0 Å². The molecule has 15 heavy (non-hydrogen) atoms. The molecule has 0 spiro atoms. The van der Waals surface area contributed by atoms with Crippen LogP contribution in [0.4, 0.5) is 0 Å². The highest BCUT2D eigenvalue weighted by molar-refractivity contribution is 5.37. The largest absolute Gasteiger partial charge is 0.496 e. The standard InChI is InChI=1S/C13H19NO/c1-10(2)14-8-11(9-14)12-6-4-5-7-13(12)15-3/h4-7,10-11H,8-9H2,1-3H3. The second-order valence-corrected chi connectivity index (χ2v) is 4.49. The van der Waals surface area contributed by atoms with Crippen molar-refractivity contribution in [2.75, 3.05) is 20.2 Å². The van der Waals surface area contributed by atoms with E-state index in [0.717, 1.165) is 18.8 Å². The van der Waals surface area contributed by atoms with Gasteiger partial charge in [0.15, 0.2) is 0 Å². The number of hydrogen-bond acceptors (Lipinski definition) is 2. The third kappa shape index (κ3) is 2.00. The summed E-state index contributed by atoms with van der Waals surface area (Å²) >= 11 is 0. The highest BCUT2D eigenvalue weighted by Gasteiger charge is 2.31. The lowest BCUT2D eigenvalue weighted by atomic mass is 9.90. The third-order valence-electron chi connectivity index (χ3n) is 3.22. The number of nitrogens with zero attached hydrogens (tertiary/aromatic N) is 1. The van der Waals surface area contributed by atoms with E-state index in [1.807, 2.05) is 12.1 Å². The Balaban J connectivity index is 2.06. The number of benzene rings is 1. The van der Waals surface area contributed by atoms with Crippen LogP contribution < -0.4 is 4.74 Å². The summed E-state index contributed by atoms with van der Waals surface area (Å²) in [6, 6.07) is 9.02. The second kappa shape index (κ2) is 4.23. The maximum absolute atomic E-state index is 5.38. The lowest BCUT2D eigenvalue weighted by molar-refractivity contribution is 0.108. The molecule has 1 saturated heterocycles. The number of likely N-dealkylation sites (tertiary alicyclic amines) is 1. The van der Waals surface area contributed by atoms with E-state index in [1.54, 1.807) is 7.11 Å². The van der Waals surface area contributed by atoms with Gasteiger partial charge in [0.05, 0.1) is 7.11 Å². The van der Waals surface area contributed by atoms with E-state index < -0.39 is 0 Å². The first kappa shape index (κ1) is 10.5. The van der Waals surface area contributed by atoms with Crippen molar-refractivity contribution in [3.63, 3.8) is 0 Å². The molecule has 0 N–H and O–H groups in total. The van der Waals surface area contributed by atoms with Gasteiger partial charge in [0.25, 0.3) is 0 Å². The average Bonchev–Trinajstić information content (AvgIpc) is 2.15. The van der Waals surface area contributed by atoms with Crippen LogP contribution in [0.2, 0.25) is 0 Å². The number of ether oxygens (including phenoxy) is 1. The van der Waals surface area contributed by atoms with Crippen molar-refractivity contribution >= 4 is 0 Å². The predicted molar refractivity (Wildman–Crippen MR) is 62.4 cm³/mol. The van der Waals surface area contributed by atoms with Crippen molar-refractivity contribution in [2.45, 2.75) is 25.8 Å². The fourth-order valence-corrected chi connectivity index (χ4v) is 2.13. The summed E-state index contributed by atoms with van der Waals surface area (Å²) in [4.78, 5) is 2.48.